The molecule has 0 amide bonds. The van der Waals surface area contributed by atoms with Gasteiger partial charge < -0.3 is 5.11 Å². The van der Waals surface area contributed by atoms with E-state index in [-0.39, 0.29) is 5.92 Å². The van der Waals surface area contributed by atoms with E-state index in [0.29, 0.717) is 19.5 Å². The van der Waals surface area contributed by atoms with E-state index < -0.39 is 30.4 Å². The highest BCUT2D eigenvalue weighted by Crippen LogP contribution is 2.48. The topological polar surface area (TPSA) is 23.5 Å². The molecule has 2 fully saturated rings. The molecular formula is C10H13F6NO. The monoisotopic (exact) mass is 277 g/mol. The van der Waals surface area contributed by atoms with Crippen LogP contribution in [-0.4, -0.2) is 47.1 Å². The molecule has 2 saturated heterocycles. The molecule has 2 nitrogen and oxygen atoms in total. The summed E-state index contributed by atoms with van der Waals surface area (Å²) in [5, 5.41) is 9.10. The Morgan fingerprint density at radius 3 is 1.94 bits per heavy atom. The summed E-state index contributed by atoms with van der Waals surface area (Å²) in [4.78, 5) is 1.60. The number of rotatable bonds is 2. The molecule has 0 aromatic rings. The van der Waals surface area contributed by atoms with E-state index in [1.165, 1.54) is 0 Å². The molecule has 8 heteroatoms. The second kappa shape index (κ2) is 4.00. The van der Waals surface area contributed by atoms with Crippen molar-refractivity contribution in [3.8, 4) is 0 Å². The van der Waals surface area contributed by atoms with Crippen molar-refractivity contribution in [3.05, 3.63) is 0 Å². The van der Waals surface area contributed by atoms with Crippen LogP contribution in [0.5, 0.6) is 0 Å². The van der Waals surface area contributed by atoms with E-state index >= 15 is 0 Å². The van der Waals surface area contributed by atoms with E-state index in [0.717, 1.165) is 6.42 Å². The summed E-state index contributed by atoms with van der Waals surface area (Å²) in [5.74, 6) is 0.167. The molecule has 0 aromatic heterocycles. The first-order valence-corrected chi connectivity index (χ1v) is 5.64. The van der Waals surface area contributed by atoms with Gasteiger partial charge in [0.1, 0.15) is 0 Å². The number of nitrogens with zero attached hydrogens (tertiary/aromatic N) is 1. The first-order valence-electron chi connectivity index (χ1n) is 5.64. The Morgan fingerprint density at radius 1 is 1.06 bits per heavy atom. The Morgan fingerprint density at radius 2 is 1.61 bits per heavy atom. The molecule has 2 bridgehead atoms. The van der Waals surface area contributed by atoms with Crippen molar-refractivity contribution >= 4 is 0 Å². The lowest BCUT2D eigenvalue weighted by Crippen LogP contribution is -2.59. The lowest BCUT2D eigenvalue weighted by Gasteiger charge is -2.37. The van der Waals surface area contributed by atoms with Crippen LogP contribution in [0.15, 0.2) is 0 Å². The smallest absolute Gasteiger partial charge is 0.374 e. The number of hydrogen-bond donors (Lipinski definition) is 1. The van der Waals surface area contributed by atoms with Crippen LogP contribution in [0.3, 0.4) is 0 Å². The van der Waals surface area contributed by atoms with E-state index in [9.17, 15) is 26.3 Å². The van der Waals surface area contributed by atoms with Gasteiger partial charge in [0.2, 0.25) is 0 Å². The van der Waals surface area contributed by atoms with Crippen molar-refractivity contribution in [2.24, 2.45) is 5.92 Å². The summed E-state index contributed by atoms with van der Waals surface area (Å²) in [6.45, 7) is 1.05. The molecule has 3 unspecified atom stereocenters. The molecule has 2 aliphatic rings. The predicted molar refractivity (Wildman–Crippen MR) is 49.8 cm³/mol. The molecule has 2 rings (SSSR count). The van der Waals surface area contributed by atoms with E-state index in [1.807, 2.05) is 0 Å². The zero-order chi connectivity index (χ0) is 13.8. The number of hydrogen-bond acceptors (Lipinski definition) is 2. The lowest BCUT2D eigenvalue weighted by atomic mass is 9.88. The maximum atomic E-state index is 12.5. The van der Waals surface area contributed by atoms with Gasteiger partial charge in [0.15, 0.2) is 0 Å². The molecule has 2 aliphatic heterocycles. The molecule has 0 aromatic carbocycles. The first-order chi connectivity index (χ1) is 8.04. The van der Waals surface area contributed by atoms with Crippen molar-refractivity contribution in [1.82, 2.24) is 4.90 Å². The Hall–Kier alpha value is -0.500. The maximum Gasteiger partial charge on any atom is 0.426 e. The number of alkyl halides is 6. The van der Waals surface area contributed by atoms with Gasteiger partial charge in [-0.3, -0.25) is 4.90 Å². The Bertz CT molecular complexity index is 311. The maximum absolute atomic E-state index is 12.5. The summed E-state index contributed by atoms with van der Waals surface area (Å²) >= 11 is 0. The summed E-state index contributed by atoms with van der Waals surface area (Å²) in [6, 6.07) is -0.836. The molecule has 0 spiro atoms. The van der Waals surface area contributed by atoms with Gasteiger partial charge in [0, 0.05) is 19.0 Å². The fourth-order valence-electron chi connectivity index (χ4n) is 2.87. The van der Waals surface area contributed by atoms with Crippen LogP contribution in [-0.2, 0) is 0 Å². The van der Waals surface area contributed by atoms with E-state index in [1.54, 1.807) is 4.90 Å². The van der Waals surface area contributed by atoms with Crippen molar-refractivity contribution in [2.45, 2.75) is 43.3 Å². The van der Waals surface area contributed by atoms with Gasteiger partial charge in [0.05, 0.1) is 0 Å². The summed E-state index contributed by atoms with van der Waals surface area (Å²) in [5.41, 5.74) is -4.60. The van der Waals surface area contributed by atoms with Crippen LogP contribution in [0.4, 0.5) is 26.3 Å². The third-order valence-corrected chi connectivity index (χ3v) is 3.91. The lowest BCUT2D eigenvalue weighted by molar-refractivity contribution is -0.372. The molecular weight excluding hydrogens is 264 g/mol. The van der Waals surface area contributed by atoms with Crippen molar-refractivity contribution in [1.29, 1.82) is 0 Å². The molecule has 2 heterocycles. The van der Waals surface area contributed by atoms with Crippen LogP contribution < -0.4 is 0 Å². The minimum Gasteiger partial charge on any atom is -0.374 e. The zero-order valence-corrected chi connectivity index (χ0v) is 9.35. The van der Waals surface area contributed by atoms with Gasteiger partial charge >= 0.3 is 12.4 Å². The highest BCUT2D eigenvalue weighted by Gasteiger charge is 2.71. The fourth-order valence-corrected chi connectivity index (χ4v) is 2.87. The average molecular weight is 277 g/mol. The first kappa shape index (κ1) is 13.9. The van der Waals surface area contributed by atoms with Crippen LogP contribution in [0, 0.1) is 5.92 Å². The quantitative estimate of drug-likeness (QED) is 0.783. The second-order valence-electron chi connectivity index (χ2n) is 5.10. The average Bonchev–Trinajstić information content (AvgIpc) is 2.75. The molecule has 0 radical (unpaired) electrons. The number of piperidine rings is 1. The minimum atomic E-state index is -5.70. The summed E-state index contributed by atoms with van der Waals surface area (Å²) in [6.07, 6.45) is -11.6. The third kappa shape index (κ3) is 2.09. The van der Waals surface area contributed by atoms with E-state index in [2.05, 4.69) is 0 Å². The van der Waals surface area contributed by atoms with Crippen LogP contribution in [0.25, 0.3) is 0 Å². The van der Waals surface area contributed by atoms with Gasteiger partial charge in [-0.2, -0.15) is 26.3 Å². The third-order valence-electron chi connectivity index (χ3n) is 3.91. The summed E-state index contributed by atoms with van der Waals surface area (Å²) in [7, 11) is 0. The molecule has 0 aliphatic carbocycles. The molecule has 1 N–H and O–H groups in total. The van der Waals surface area contributed by atoms with Crippen LogP contribution in [0.2, 0.25) is 0 Å². The SMILES string of the molecule is OC(CC1CC2CCN1C2)(C(F)(F)F)C(F)(F)F. The Kier molecular flexibility index (Phi) is 3.09. The molecule has 0 saturated carbocycles. The van der Waals surface area contributed by atoms with Crippen molar-refractivity contribution in [3.63, 3.8) is 0 Å². The van der Waals surface area contributed by atoms with Crippen molar-refractivity contribution < 1.29 is 31.4 Å². The van der Waals surface area contributed by atoms with Gasteiger partial charge in [-0.1, -0.05) is 0 Å². The standard InChI is InChI=1S/C10H13F6NO/c11-9(12,13)8(18,10(14,15)16)4-7-3-6-1-2-17(7)5-6/h6-7,18H,1-5H2. The van der Waals surface area contributed by atoms with Gasteiger partial charge in [-0.25, -0.2) is 0 Å². The number of fused-ring (bicyclic) bond motifs is 2. The van der Waals surface area contributed by atoms with Crippen LogP contribution >= 0.6 is 0 Å². The largest absolute Gasteiger partial charge is 0.426 e. The Balaban J connectivity index is 2.17. The Labute approximate surface area is 99.6 Å². The molecule has 106 valence electrons. The van der Waals surface area contributed by atoms with Gasteiger partial charge in [-0.15, -0.1) is 0 Å². The highest BCUT2D eigenvalue weighted by molar-refractivity contribution is 5.01. The molecule has 18 heavy (non-hydrogen) atoms. The normalized spacial score (nSPS) is 33.2. The summed E-state index contributed by atoms with van der Waals surface area (Å²) < 4.78 is 75.0. The van der Waals surface area contributed by atoms with Gasteiger partial charge in [0.25, 0.3) is 5.60 Å². The van der Waals surface area contributed by atoms with Crippen LogP contribution in [0.1, 0.15) is 19.3 Å². The highest BCUT2D eigenvalue weighted by atomic mass is 19.4. The minimum absolute atomic E-state index is 0.167. The predicted octanol–water partition coefficient (Wildman–Crippen LogP) is 2.33. The molecule has 3 atom stereocenters. The second-order valence-corrected chi connectivity index (χ2v) is 5.10. The fraction of sp³-hybridized carbons (Fsp3) is 1.00. The zero-order valence-electron chi connectivity index (χ0n) is 9.35. The number of aliphatic hydroxyl groups is 1. The number of halogens is 6. The van der Waals surface area contributed by atoms with E-state index in [4.69, 9.17) is 5.11 Å². The van der Waals surface area contributed by atoms with Gasteiger partial charge in [-0.05, 0) is 25.3 Å². The van der Waals surface area contributed by atoms with Crippen molar-refractivity contribution in [2.75, 3.05) is 13.1 Å².